The van der Waals surface area contributed by atoms with Crippen molar-refractivity contribution in [3.63, 3.8) is 0 Å². The molecule has 0 amide bonds. The largest absolute Gasteiger partial charge is 0.289 e. The molecule has 0 N–H and O–H groups in total. The Hall–Kier alpha value is -2.15. The Morgan fingerprint density at radius 2 is 1.59 bits per heavy atom. The van der Waals surface area contributed by atoms with E-state index in [-0.39, 0.29) is 5.78 Å². The third kappa shape index (κ3) is 2.91. The Labute approximate surface area is 101 Å². The third-order valence-electron chi connectivity index (χ3n) is 2.66. The Morgan fingerprint density at radius 1 is 0.941 bits per heavy atom. The van der Waals surface area contributed by atoms with Gasteiger partial charge in [0.25, 0.3) is 0 Å². The van der Waals surface area contributed by atoms with Crippen LogP contribution in [0.1, 0.15) is 21.5 Å². The molecule has 0 saturated carbocycles. The van der Waals surface area contributed by atoms with Gasteiger partial charge in [0.1, 0.15) is 0 Å². The van der Waals surface area contributed by atoms with Gasteiger partial charge in [-0.15, -0.1) is 0 Å². The van der Waals surface area contributed by atoms with Crippen molar-refractivity contribution >= 4 is 11.9 Å². The molecule has 0 heterocycles. The van der Waals surface area contributed by atoms with Gasteiger partial charge in [0.2, 0.25) is 0 Å². The molecule has 2 aromatic carbocycles. The van der Waals surface area contributed by atoms with Crippen LogP contribution in [0.4, 0.5) is 0 Å². The predicted octanol–water partition coefficient (Wildman–Crippen LogP) is 3.89. The molecule has 1 heteroatoms. The van der Waals surface area contributed by atoms with Crippen LogP contribution in [0.25, 0.3) is 6.08 Å². The molecule has 0 bridgehead atoms. The lowest BCUT2D eigenvalue weighted by Crippen LogP contribution is -1.92. The highest BCUT2D eigenvalue weighted by Gasteiger charge is 1.99. The van der Waals surface area contributed by atoms with Crippen molar-refractivity contribution in [3.8, 4) is 0 Å². The summed E-state index contributed by atoms with van der Waals surface area (Å²) in [5.74, 6) is 0.0360. The van der Waals surface area contributed by atoms with E-state index in [1.807, 2.05) is 67.6 Å². The van der Waals surface area contributed by atoms with Crippen molar-refractivity contribution in [1.29, 1.82) is 0 Å². The number of allylic oxidation sites excluding steroid dienone is 1. The summed E-state index contributed by atoms with van der Waals surface area (Å²) in [5, 5.41) is 0. The van der Waals surface area contributed by atoms with Crippen LogP contribution >= 0.6 is 0 Å². The van der Waals surface area contributed by atoms with Crippen LogP contribution < -0.4 is 0 Å². The smallest absolute Gasteiger partial charge is 0.185 e. The first-order valence-electron chi connectivity index (χ1n) is 5.60. The van der Waals surface area contributed by atoms with Crippen molar-refractivity contribution in [1.82, 2.24) is 0 Å². The number of hydrogen-bond donors (Lipinski definition) is 0. The predicted molar refractivity (Wildman–Crippen MR) is 71.0 cm³/mol. The van der Waals surface area contributed by atoms with E-state index in [1.165, 1.54) is 5.56 Å². The molecule has 17 heavy (non-hydrogen) atoms. The normalized spacial score (nSPS) is 10.6. The van der Waals surface area contributed by atoms with Gasteiger partial charge >= 0.3 is 0 Å². The van der Waals surface area contributed by atoms with Gasteiger partial charge < -0.3 is 0 Å². The second-order valence-electron chi connectivity index (χ2n) is 3.92. The summed E-state index contributed by atoms with van der Waals surface area (Å²) in [6.07, 6.45) is 3.49. The molecule has 1 nitrogen and oxygen atoms in total. The van der Waals surface area contributed by atoms with Crippen molar-refractivity contribution in [2.24, 2.45) is 0 Å². The van der Waals surface area contributed by atoms with Crippen LogP contribution in [0.15, 0.2) is 60.7 Å². The van der Waals surface area contributed by atoms with Crippen molar-refractivity contribution in [2.75, 3.05) is 0 Å². The summed E-state index contributed by atoms with van der Waals surface area (Å²) < 4.78 is 0. The first-order valence-corrected chi connectivity index (χ1v) is 5.60. The number of hydrogen-bond acceptors (Lipinski definition) is 1. The van der Waals surface area contributed by atoms with Crippen molar-refractivity contribution < 1.29 is 4.79 Å². The number of carbonyl (C=O) groups is 1. The van der Waals surface area contributed by atoms with Gasteiger partial charge in [0.05, 0.1) is 0 Å². The van der Waals surface area contributed by atoms with E-state index < -0.39 is 0 Å². The van der Waals surface area contributed by atoms with Crippen LogP contribution in [0.2, 0.25) is 0 Å². The summed E-state index contributed by atoms with van der Waals surface area (Å²) in [7, 11) is 0. The summed E-state index contributed by atoms with van der Waals surface area (Å²) in [4.78, 5) is 11.8. The van der Waals surface area contributed by atoms with E-state index >= 15 is 0 Å². The Balaban J connectivity index is 2.17. The fraction of sp³-hybridized carbons (Fsp3) is 0.0625. The zero-order valence-corrected chi connectivity index (χ0v) is 9.76. The van der Waals surface area contributed by atoms with Gasteiger partial charge in [-0.25, -0.2) is 0 Å². The summed E-state index contributed by atoms with van der Waals surface area (Å²) in [6, 6.07) is 17.3. The molecule has 0 unspecified atom stereocenters. The van der Waals surface area contributed by atoms with Gasteiger partial charge in [0.15, 0.2) is 5.78 Å². The molecule has 0 aliphatic rings. The number of ketones is 1. The van der Waals surface area contributed by atoms with Crippen LogP contribution in [0.5, 0.6) is 0 Å². The van der Waals surface area contributed by atoms with Gasteiger partial charge in [-0.2, -0.15) is 0 Å². The minimum absolute atomic E-state index is 0.0360. The Bertz CT molecular complexity index is 538. The molecule has 0 aromatic heterocycles. The van der Waals surface area contributed by atoms with E-state index in [1.54, 1.807) is 6.08 Å². The zero-order valence-electron chi connectivity index (χ0n) is 9.76. The lowest BCUT2D eigenvalue weighted by Gasteiger charge is -1.98. The highest BCUT2D eigenvalue weighted by molar-refractivity contribution is 6.06. The van der Waals surface area contributed by atoms with Crippen LogP contribution in [-0.2, 0) is 0 Å². The van der Waals surface area contributed by atoms with Gasteiger partial charge in [-0.1, -0.05) is 60.7 Å². The maximum atomic E-state index is 11.8. The standard InChI is InChI=1S/C16H14O/c1-13-7-5-6-8-14(13)11-12-16(17)15-9-3-2-4-10-15/h2-12H,1H3/b12-11+. The maximum Gasteiger partial charge on any atom is 0.185 e. The van der Waals surface area contributed by atoms with E-state index in [0.29, 0.717) is 0 Å². The van der Waals surface area contributed by atoms with E-state index in [0.717, 1.165) is 11.1 Å². The lowest BCUT2D eigenvalue weighted by molar-refractivity contribution is 0.104. The molecule has 2 aromatic rings. The second kappa shape index (κ2) is 5.26. The molecule has 0 fully saturated rings. The molecule has 84 valence electrons. The van der Waals surface area contributed by atoms with Gasteiger partial charge in [-0.3, -0.25) is 4.79 Å². The molecule has 0 aliphatic carbocycles. The SMILES string of the molecule is Cc1ccccc1/C=C/C(=O)c1ccccc1. The summed E-state index contributed by atoms with van der Waals surface area (Å²) in [5.41, 5.74) is 2.97. The monoisotopic (exact) mass is 222 g/mol. The lowest BCUT2D eigenvalue weighted by atomic mass is 10.1. The average molecular weight is 222 g/mol. The molecule has 0 atom stereocenters. The van der Waals surface area contributed by atoms with Gasteiger partial charge in [-0.05, 0) is 24.1 Å². The third-order valence-corrected chi connectivity index (χ3v) is 2.66. The van der Waals surface area contributed by atoms with Crippen LogP contribution in [0, 0.1) is 6.92 Å². The van der Waals surface area contributed by atoms with Crippen LogP contribution in [-0.4, -0.2) is 5.78 Å². The number of aryl methyl sites for hydroxylation is 1. The topological polar surface area (TPSA) is 17.1 Å². The molecule has 2 rings (SSSR count). The molecular weight excluding hydrogens is 208 g/mol. The molecule has 0 radical (unpaired) electrons. The first kappa shape index (κ1) is 11.3. The maximum absolute atomic E-state index is 11.8. The number of benzene rings is 2. The average Bonchev–Trinajstić information content (AvgIpc) is 2.38. The van der Waals surface area contributed by atoms with E-state index in [2.05, 4.69) is 0 Å². The fourth-order valence-electron chi connectivity index (χ4n) is 1.64. The summed E-state index contributed by atoms with van der Waals surface area (Å²) >= 11 is 0. The van der Waals surface area contributed by atoms with Crippen LogP contribution in [0.3, 0.4) is 0 Å². The van der Waals surface area contributed by atoms with E-state index in [4.69, 9.17) is 0 Å². The van der Waals surface area contributed by atoms with Crippen molar-refractivity contribution in [2.45, 2.75) is 6.92 Å². The number of carbonyl (C=O) groups excluding carboxylic acids is 1. The Kier molecular flexibility index (Phi) is 3.51. The second-order valence-corrected chi connectivity index (χ2v) is 3.92. The molecule has 0 spiro atoms. The fourth-order valence-corrected chi connectivity index (χ4v) is 1.64. The summed E-state index contributed by atoms with van der Waals surface area (Å²) in [6.45, 7) is 2.03. The zero-order chi connectivity index (χ0) is 12.1. The Morgan fingerprint density at radius 3 is 2.29 bits per heavy atom. The highest BCUT2D eigenvalue weighted by Crippen LogP contribution is 2.10. The highest BCUT2D eigenvalue weighted by atomic mass is 16.1. The minimum Gasteiger partial charge on any atom is -0.289 e. The molecule has 0 saturated heterocycles. The van der Waals surface area contributed by atoms with Gasteiger partial charge in [0, 0.05) is 5.56 Å². The quantitative estimate of drug-likeness (QED) is 0.568. The van der Waals surface area contributed by atoms with Crippen molar-refractivity contribution in [3.05, 3.63) is 77.4 Å². The first-order chi connectivity index (χ1) is 8.27. The number of rotatable bonds is 3. The molecule has 0 aliphatic heterocycles. The van der Waals surface area contributed by atoms with E-state index in [9.17, 15) is 4.79 Å². The minimum atomic E-state index is 0.0360. The molecular formula is C16H14O.